The van der Waals surface area contributed by atoms with E-state index in [0.717, 1.165) is 0 Å². The quantitative estimate of drug-likeness (QED) is 0.465. The van der Waals surface area contributed by atoms with Crippen LogP contribution < -0.4 is 5.32 Å². The lowest BCUT2D eigenvalue weighted by Crippen LogP contribution is -2.61. The minimum absolute atomic E-state index is 0.0443. The van der Waals surface area contributed by atoms with Gasteiger partial charge in [0.05, 0.1) is 17.4 Å². The van der Waals surface area contributed by atoms with E-state index >= 15 is 0 Å². The molecule has 1 saturated heterocycles. The van der Waals surface area contributed by atoms with E-state index in [4.69, 9.17) is 4.43 Å². The van der Waals surface area contributed by atoms with Gasteiger partial charge in [0, 0.05) is 0 Å². The number of hydrogen-bond acceptors (Lipinski definition) is 3. The number of hydrogen-bond donors (Lipinski definition) is 2. The van der Waals surface area contributed by atoms with E-state index in [2.05, 4.69) is 51.8 Å². The summed E-state index contributed by atoms with van der Waals surface area (Å²) >= 11 is 4.30. The molecule has 0 aromatic carbocycles. The summed E-state index contributed by atoms with van der Waals surface area (Å²) in [6.07, 6.45) is -0.0443. The van der Waals surface area contributed by atoms with Gasteiger partial charge in [-0.25, -0.2) is 0 Å². The van der Waals surface area contributed by atoms with Gasteiger partial charge in [0.1, 0.15) is 0 Å². The lowest BCUT2D eigenvalue weighted by Gasteiger charge is -2.44. The highest BCUT2D eigenvalue weighted by Crippen LogP contribution is 2.39. The first-order valence-corrected chi connectivity index (χ1v) is 9.15. The third-order valence-electron chi connectivity index (χ3n) is 3.73. The van der Waals surface area contributed by atoms with Gasteiger partial charge in [-0.1, -0.05) is 20.8 Å². The van der Waals surface area contributed by atoms with E-state index in [1.165, 1.54) is 0 Å². The van der Waals surface area contributed by atoms with Crippen molar-refractivity contribution in [2.24, 2.45) is 5.92 Å². The molecule has 1 N–H and O–H groups in total. The van der Waals surface area contributed by atoms with Crippen molar-refractivity contribution >= 4 is 26.9 Å². The molecule has 0 bridgehead atoms. The van der Waals surface area contributed by atoms with Crippen LogP contribution in [0.1, 0.15) is 27.7 Å². The molecule has 1 rings (SSSR count). The van der Waals surface area contributed by atoms with Crippen molar-refractivity contribution in [3.05, 3.63) is 0 Å². The zero-order chi connectivity index (χ0) is 12.7. The zero-order valence-electron chi connectivity index (χ0n) is 11.0. The molecule has 0 aliphatic carbocycles. The van der Waals surface area contributed by atoms with Gasteiger partial charge >= 0.3 is 0 Å². The number of β-lactam (4-membered cyclic amide) rings is 1. The molecule has 0 radical (unpaired) electrons. The molecule has 0 unspecified atom stereocenters. The van der Waals surface area contributed by atoms with E-state index in [0.29, 0.717) is 0 Å². The first kappa shape index (κ1) is 14.1. The standard InChI is InChI=1S/C11H23NO2SSi/c1-7(8-9(13)12-10(8)15)14-16(5,6)11(2,3)4/h7-8,10,15H,1-6H3,(H,12,13)/t7-,8+,10-/m1/s1. The Balaban J connectivity index is 2.64. The summed E-state index contributed by atoms with van der Waals surface area (Å²) in [7, 11) is -1.79. The van der Waals surface area contributed by atoms with Gasteiger partial charge in [0.25, 0.3) is 0 Å². The van der Waals surface area contributed by atoms with Crippen LogP contribution in [0.15, 0.2) is 0 Å². The van der Waals surface area contributed by atoms with Crippen LogP contribution >= 0.6 is 12.6 Å². The largest absolute Gasteiger partial charge is 0.413 e. The van der Waals surface area contributed by atoms with Crippen molar-refractivity contribution in [3.63, 3.8) is 0 Å². The third kappa shape index (κ3) is 2.63. The maximum Gasteiger partial charge on any atom is 0.229 e. The van der Waals surface area contributed by atoms with Crippen LogP contribution in [0.2, 0.25) is 18.1 Å². The molecule has 94 valence electrons. The van der Waals surface area contributed by atoms with Gasteiger partial charge < -0.3 is 9.74 Å². The Bertz CT molecular complexity index is 288. The SMILES string of the molecule is C[C@@H](O[Si](C)(C)C(C)(C)C)[C@H]1C(=O)N[C@@H]1S. The Morgan fingerprint density at radius 1 is 1.44 bits per heavy atom. The molecule has 0 aromatic rings. The first-order chi connectivity index (χ1) is 7.06. The number of carbonyl (C=O) groups is 1. The van der Waals surface area contributed by atoms with E-state index in [1.807, 2.05) is 6.92 Å². The molecule has 0 saturated carbocycles. The van der Waals surface area contributed by atoms with Crippen LogP contribution in [0.25, 0.3) is 0 Å². The van der Waals surface area contributed by atoms with Gasteiger partial charge in [-0.15, -0.1) is 0 Å². The molecule has 5 heteroatoms. The predicted octanol–water partition coefficient (Wildman–Crippen LogP) is 2.40. The molecule has 0 spiro atoms. The lowest BCUT2D eigenvalue weighted by molar-refractivity contribution is -0.136. The second-order valence-corrected chi connectivity index (χ2v) is 11.4. The molecular weight excluding hydrogens is 238 g/mol. The average molecular weight is 261 g/mol. The Kier molecular flexibility index (Phi) is 3.82. The Labute approximate surface area is 105 Å². The van der Waals surface area contributed by atoms with E-state index < -0.39 is 8.32 Å². The third-order valence-corrected chi connectivity index (χ3v) is 8.75. The topological polar surface area (TPSA) is 38.3 Å². The molecule has 0 aromatic heterocycles. The molecule has 1 amide bonds. The van der Waals surface area contributed by atoms with E-state index in [9.17, 15) is 4.79 Å². The molecule has 3 atom stereocenters. The van der Waals surface area contributed by atoms with Crippen LogP contribution in [0.4, 0.5) is 0 Å². The van der Waals surface area contributed by atoms with Crippen molar-refractivity contribution in [2.45, 2.75) is 57.3 Å². The summed E-state index contributed by atoms with van der Waals surface area (Å²) in [4.78, 5) is 11.4. The highest BCUT2D eigenvalue weighted by Gasteiger charge is 2.46. The highest BCUT2D eigenvalue weighted by atomic mass is 32.1. The Morgan fingerprint density at radius 3 is 2.25 bits per heavy atom. The second kappa shape index (κ2) is 4.35. The van der Waals surface area contributed by atoms with Gasteiger partial charge in [-0.3, -0.25) is 4.79 Å². The van der Waals surface area contributed by atoms with E-state index in [-0.39, 0.29) is 28.3 Å². The average Bonchev–Trinajstić information content (AvgIpc) is 1.99. The molecule has 3 nitrogen and oxygen atoms in total. The summed E-state index contributed by atoms with van der Waals surface area (Å²) in [6, 6.07) is 0. The number of amides is 1. The fourth-order valence-electron chi connectivity index (χ4n) is 1.56. The molecule has 1 aliphatic rings. The number of rotatable bonds is 3. The Hall–Kier alpha value is -0.00312. The number of carbonyl (C=O) groups excluding carboxylic acids is 1. The minimum Gasteiger partial charge on any atom is -0.413 e. The summed E-state index contributed by atoms with van der Waals surface area (Å²) in [6.45, 7) is 13.0. The fraction of sp³-hybridized carbons (Fsp3) is 0.909. The smallest absolute Gasteiger partial charge is 0.229 e. The van der Waals surface area contributed by atoms with Crippen LogP contribution in [0.3, 0.4) is 0 Å². The van der Waals surface area contributed by atoms with Crippen LogP contribution in [-0.4, -0.2) is 25.7 Å². The number of thiol groups is 1. The minimum atomic E-state index is -1.79. The van der Waals surface area contributed by atoms with Crippen molar-refractivity contribution in [2.75, 3.05) is 0 Å². The molecule has 1 fully saturated rings. The molecule has 16 heavy (non-hydrogen) atoms. The lowest BCUT2D eigenvalue weighted by atomic mass is 9.96. The highest BCUT2D eigenvalue weighted by molar-refractivity contribution is 7.81. The Morgan fingerprint density at radius 2 is 1.94 bits per heavy atom. The zero-order valence-corrected chi connectivity index (χ0v) is 12.9. The molecule has 1 aliphatic heterocycles. The summed E-state index contributed by atoms with van der Waals surface area (Å²) in [5.41, 5.74) is 0. The molecular formula is C11H23NO2SSi. The summed E-state index contributed by atoms with van der Waals surface area (Å²) in [5, 5.41) is 2.85. The fourth-order valence-corrected chi connectivity index (χ4v) is 3.50. The van der Waals surface area contributed by atoms with Gasteiger partial charge in [0.2, 0.25) is 5.91 Å². The monoisotopic (exact) mass is 261 g/mol. The van der Waals surface area contributed by atoms with Crippen LogP contribution in [0, 0.1) is 5.92 Å². The summed E-state index contributed by atoms with van der Waals surface area (Å²) in [5.74, 6) is -0.0383. The summed E-state index contributed by atoms with van der Waals surface area (Å²) < 4.78 is 6.18. The van der Waals surface area contributed by atoms with Crippen LogP contribution in [0.5, 0.6) is 0 Å². The molecule has 1 heterocycles. The van der Waals surface area contributed by atoms with Gasteiger partial charge in [-0.2, -0.15) is 12.6 Å². The van der Waals surface area contributed by atoms with E-state index in [1.54, 1.807) is 0 Å². The second-order valence-electron chi connectivity index (χ2n) is 6.06. The maximum absolute atomic E-state index is 11.4. The van der Waals surface area contributed by atoms with Crippen molar-refractivity contribution in [1.82, 2.24) is 5.32 Å². The first-order valence-electron chi connectivity index (χ1n) is 5.72. The predicted molar refractivity (Wildman–Crippen MR) is 72.2 cm³/mol. The van der Waals surface area contributed by atoms with Gasteiger partial charge in [-0.05, 0) is 25.1 Å². The van der Waals surface area contributed by atoms with Crippen molar-refractivity contribution < 1.29 is 9.22 Å². The van der Waals surface area contributed by atoms with Gasteiger partial charge in [0.15, 0.2) is 8.32 Å². The van der Waals surface area contributed by atoms with Crippen molar-refractivity contribution in [3.8, 4) is 0 Å². The normalized spacial score (nSPS) is 28.3. The maximum atomic E-state index is 11.4. The number of nitrogens with one attached hydrogen (secondary N) is 1. The van der Waals surface area contributed by atoms with Crippen molar-refractivity contribution in [1.29, 1.82) is 0 Å². The van der Waals surface area contributed by atoms with Crippen LogP contribution in [-0.2, 0) is 9.22 Å².